The fraction of sp³-hybridized carbons (Fsp3) is 0.188. The number of amides is 1. The molecule has 20 heavy (non-hydrogen) atoms. The summed E-state index contributed by atoms with van der Waals surface area (Å²) in [6.45, 7) is 1.97. The number of nitrogens with one attached hydrogen (secondary N) is 2. The number of methoxy groups -OCH3 is 1. The molecule has 0 unspecified atom stereocenters. The van der Waals surface area contributed by atoms with Gasteiger partial charge >= 0.3 is 0 Å². The topological polar surface area (TPSA) is 50.4 Å². The number of carbonyl (C=O) groups is 1. The molecular weight excluding hydrogens is 252 g/mol. The fourth-order valence-electron chi connectivity index (χ4n) is 1.93. The van der Waals surface area contributed by atoms with Crippen molar-refractivity contribution in [1.29, 1.82) is 0 Å². The van der Waals surface area contributed by atoms with E-state index >= 15 is 0 Å². The van der Waals surface area contributed by atoms with E-state index in [4.69, 9.17) is 4.74 Å². The maximum atomic E-state index is 12.2. The second kappa shape index (κ2) is 6.73. The highest BCUT2D eigenvalue weighted by Crippen LogP contribution is 2.17. The Balaban J connectivity index is 2.02. The molecule has 0 bridgehead atoms. The number of carbonyl (C=O) groups excluding carboxylic acids is 1. The lowest BCUT2D eigenvalue weighted by Gasteiger charge is -2.17. The summed E-state index contributed by atoms with van der Waals surface area (Å²) < 4.78 is 5.26. The first kappa shape index (κ1) is 14.1. The third-order valence-electron chi connectivity index (χ3n) is 3.04. The molecule has 0 radical (unpaired) electrons. The van der Waals surface area contributed by atoms with Gasteiger partial charge in [0.1, 0.15) is 0 Å². The van der Waals surface area contributed by atoms with Gasteiger partial charge in [0.25, 0.3) is 5.91 Å². The Morgan fingerprint density at radius 1 is 1.05 bits per heavy atom. The second-order valence-corrected chi connectivity index (χ2v) is 4.46. The highest BCUT2D eigenvalue weighted by atomic mass is 16.5. The summed E-state index contributed by atoms with van der Waals surface area (Å²) in [4.78, 5) is 12.2. The average Bonchev–Trinajstić information content (AvgIpc) is 2.48. The number of para-hydroxylation sites is 1. The summed E-state index contributed by atoms with van der Waals surface area (Å²) in [5.41, 5.74) is 8.33. The molecule has 1 atom stereocenters. The highest BCUT2D eigenvalue weighted by Gasteiger charge is 2.19. The molecule has 4 heteroatoms. The lowest BCUT2D eigenvalue weighted by Crippen LogP contribution is -2.34. The predicted molar refractivity (Wildman–Crippen MR) is 79.1 cm³/mol. The number of aryl methyl sites for hydroxylation is 1. The van der Waals surface area contributed by atoms with Crippen LogP contribution in [0.5, 0.6) is 0 Å². The van der Waals surface area contributed by atoms with E-state index in [0.717, 1.165) is 16.8 Å². The maximum absolute atomic E-state index is 12.2. The first-order valence-corrected chi connectivity index (χ1v) is 6.41. The zero-order chi connectivity index (χ0) is 14.4. The van der Waals surface area contributed by atoms with Gasteiger partial charge in [-0.05, 0) is 24.1 Å². The van der Waals surface area contributed by atoms with Crippen LogP contribution in [-0.2, 0) is 9.53 Å². The summed E-state index contributed by atoms with van der Waals surface area (Å²) in [6.07, 6.45) is -0.632. The van der Waals surface area contributed by atoms with Crippen molar-refractivity contribution >= 4 is 11.6 Å². The number of rotatable bonds is 5. The van der Waals surface area contributed by atoms with Gasteiger partial charge in [-0.25, -0.2) is 0 Å². The minimum atomic E-state index is -0.632. The molecule has 2 aromatic rings. The van der Waals surface area contributed by atoms with Crippen molar-refractivity contribution in [2.75, 3.05) is 12.5 Å². The Kier molecular flexibility index (Phi) is 4.74. The lowest BCUT2D eigenvalue weighted by molar-refractivity contribution is -0.130. The van der Waals surface area contributed by atoms with E-state index in [-0.39, 0.29) is 5.91 Å². The van der Waals surface area contributed by atoms with Crippen molar-refractivity contribution < 1.29 is 9.53 Å². The average molecular weight is 270 g/mol. The largest absolute Gasteiger partial charge is 0.367 e. The summed E-state index contributed by atoms with van der Waals surface area (Å²) in [5.74, 6) is -0.234. The van der Waals surface area contributed by atoms with E-state index in [0.29, 0.717) is 0 Å². The van der Waals surface area contributed by atoms with Crippen molar-refractivity contribution in [3.63, 3.8) is 0 Å². The molecule has 0 aliphatic heterocycles. The van der Waals surface area contributed by atoms with Crippen LogP contribution in [0.15, 0.2) is 54.6 Å². The van der Waals surface area contributed by atoms with E-state index in [9.17, 15) is 4.79 Å². The van der Waals surface area contributed by atoms with Gasteiger partial charge in [0.15, 0.2) is 6.10 Å². The summed E-state index contributed by atoms with van der Waals surface area (Å²) >= 11 is 0. The van der Waals surface area contributed by atoms with Crippen molar-refractivity contribution in [2.45, 2.75) is 13.0 Å². The number of ether oxygens (including phenoxy) is 1. The molecule has 0 fully saturated rings. The Morgan fingerprint density at radius 2 is 1.70 bits per heavy atom. The monoisotopic (exact) mass is 270 g/mol. The zero-order valence-corrected chi connectivity index (χ0v) is 11.6. The molecule has 4 nitrogen and oxygen atoms in total. The van der Waals surface area contributed by atoms with Gasteiger partial charge < -0.3 is 4.74 Å². The molecule has 0 aromatic heterocycles. The molecule has 0 spiro atoms. The lowest BCUT2D eigenvalue weighted by atomic mass is 10.1. The minimum absolute atomic E-state index is 0.234. The van der Waals surface area contributed by atoms with E-state index < -0.39 is 6.10 Å². The van der Waals surface area contributed by atoms with Crippen molar-refractivity contribution in [2.24, 2.45) is 0 Å². The maximum Gasteiger partial charge on any atom is 0.272 e. The minimum Gasteiger partial charge on any atom is -0.367 e. The Hall–Kier alpha value is -2.33. The quantitative estimate of drug-likeness (QED) is 0.821. The van der Waals surface area contributed by atoms with Crippen LogP contribution in [0.1, 0.15) is 17.2 Å². The van der Waals surface area contributed by atoms with Crippen LogP contribution in [0.3, 0.4) is 0 Å². The first-order chi connectivity index (χ1) is 9.72. The Bertz CT molecular complexity index is 570. The third kappa shape index (κ3) is 3.36. The van der Waals surface area contributed by atoms with E-state index in [1.54, 1.807) is 0 Å². The molecule has 104 valence electrons. The number of anilines is 1. The van der Waals surface area contributed by atoms with E-state index in [1.165, 1.54) is 7.11 Å². The van der Waals surface area contributed by atoms with Crippen LogP contribution in [0, 0.1) is 6.92 Å². The van der Waals surface area contributed by atoms with Gasteiger partial charge in [-0.3, -0.25) is 15.6 Å². The van der Waals surface area contributed by atoms with Crippen LogP contribution in [0.2, 0.25) is 0 Å². The smallest absolute Gasteiger partial charge is 0.272 e. The number of hydrazine groups is 1. The van der Waals surface area contributed by atoms with E-state index in [1.807, 2.05) is 61.5 Å². The molecule has 0 aliphatic carbocycles. The molecule has 2 rings (SSSR count). The molecule has 0 aliphatic rings. The molecule has 1 amide bonds. The van der Waals surface area contributed by atoms with Crippen LogP contribution < -0.4 is 10.9 Å². The number of hydrogen-bond acceptors (Lipinski definition) is 3. The van der Waals surface area contributed by atoms with Crippen molar-refractivity contribution in [3.05, 3.63) is 65.7 Å². The Morgan fingerprint density at radius 3 is 2.35 bits per heavy atom. The van der Waals surface area contributed by atoms with E-state index in [2.05, 4.69) is 10.9 Å². The van der Waals surface area contributed by atoms with Crippen LogP contribution >= 0.6 is 0 Å². The van der Waals surface area contributed by atoms with Gasteiger partial charge in [0.2, 0.25) is 0 Å². The first-order valence-electron chi connectivity index (χ1n) is 6.41. The molecule has 2 N–H and O–H groups in total. The Labute approximate surface area is 118 Å². The SMILES string of the molecule is CO[C@H](C(=O)NNc1ccccc1C)c1ccccc1. The third-order valence-corrected chi connectivity index (χ3v) is 3.04. The number of hydrogen-bond donors (Lipinski definition) is 2. The van der Waals surface area contributed by atoms with Crippen LogP contribution in [0.4, 0.5) is 5.69 Å². The van der Waals surface area contributed by atoms with Gasteiger partial charge in [-0.15, -0.1) is 0 Å². The summed E-state index contributed by atoms with van der Waals surface area (Å²) in [5, 5.41) is 0. The van der Waals surface area contributed by atoms with Crippen molar-refractivity contribution in [3.8, 4) is 0 Å². The van der Waals surface area contributed by atoms with Gasteiger partial charge in [0.05, 0.1) is 5.69 Å². The normalized spacial score (nSPS) is 11.7. The van der Waals surface area contributed by atoms with Gasteiger partial charge in [-0.1, -0.05) is 48.5 Å². The van der Waals surface area contributed by atoms with Crippen LogP contribution in [-0.4, -0.2) is 13.0 Å². The zero-order valence-electron chi connectivity index (χ0n) is 11.6. The number of benzene rings is 2. The second-order valence-electron chi connectivity index (χ2n) is 4.46. The summed E-state index contributed by atoms with van der Waals surface area (Å²) in [6, 6.07) is 17.1. The molecule has 0 heterocycles. The molecule has 0 saturated carbocycles. The van der Waals surface area contributed by atoms with Gasteiger partial charge in [-0.2, -0.15) is 0 Å². The van der Waals surface area contributed by atoms with Crippen LogP contribution in [0.25, 0.3) is 0 Å². The van der Waals surface area contributed by atoms with Crippen molar-refractivity contribution in [1.82, 2.24) is 5.43 Å². The molecule has 2 aromatic carbocycles. The predicted octanol–water partition coefficient (Wildman–Crippen LogP) is 2.83. The molecular formula is C16H18N2O2. The fourth-order valence-corrected chi connectivity index (χ4v) is 1.93. The summed E-state index contributed by atoms with van der Waals surface area (Å²) in [7, 11) is 1.52. The highest BCUT2D eigenvalue weighted by molar-refractivity contribution is 5.83. The van der Waals surface area contributed by atoms with Gasteiger partial charge in [0, 0.05) is 7.11 Å². The standard InChI is InChI=1S/C16H18N2O2/c1-12-8-6-7-11-14(12)17-18-16(19)15(20-2)13-9-4-3-5-10-13/h3-11,15,17H,1-2H3,(H,18,19)/t15-/m0/s1. The molecule has 0 saturated heterocycles.